The van der Waals surface area contributed by atoms with Gasteiger partial charge in [0.2, 0.25) is 0 Å². The molecule has 1 atom stereocenters. The Morgan fingerprint density at radius 1 is 1.05 bits per heavy atom. The SMILES string of the molecule is COc1ccc(C(O)Cc2ccc(OC)c(F)c2)cc1. The molecule has 0 heterocycles. The maximum Gasteiger partial charge on any atom is 0.165 e. The molecule has 20 heavy (non-hydrogen) atoms. The number of benzene rings is 2. The molecule has 0 bridgehead atoms. The molecule has 0 saturated heterocycles. The first-order chi connectivity index (χ1) is 9.63. The predicted octanol–water partition coefficient (Wildman–Crippen LogP) is 3.12. The summed E-state index contributed by atoms with van der Waals surface area (Å²) < 4.78 is 23.5. The van der Waals surface area contributed by atoms with Crippen molar-refractivity contribution >= 4 is 0 Å². The van der Waals surface area contributed by atoms with Crippen molar-refractivity contribution in [2.45, 2.75) is 12.5 Å². The van der Waals surface area contributed by atoms with E-state index in [0.717, 1.165) is 11.3 Å². The van der Waals surface area contributed by atoms with E-state index in [4.69, 9.17) is 9.47 Å². The van der Waals surface area contributed by atoms with Crippen LogP contribution in [0.5, 0.6) is 11.5 Å². The number of rotatable bonds is 5. The Kier molecular flexibility index (Phi) is 4.58. The molecule has 0 saturated carbocycles. The first-order valence-corrected chi connectivity index (χ1v) is 6.28. The molecule has 0 fully saturated rings. The van der Waals surface area contributed by atoms with Gasteiger partial charge in [-0.15, -0.1) is 0 Å². The molecule has 2 rings (SSSR count). The van der Waals surface area contributed by atoms with Crippen LogP contribution in [0, 0.1) is 5.82 Å². The van der Waals surface area contributed by atoms with Crippen LogP contribution >= 0.6 is 0 Å². The third-order valence-electron chi connectivity index (χ3n) is 3.15. The fourth-order valence-electron chi connectivity index (χ4n) is 2.00. The second-order valence-electron chi connectivity index (χ2n) is 4.46. The van der Waals surface area contributed by atoms with Crippen molar-refractivity contribution in [2.75, 3.05) is 14.2 Å². The van der Waals surface area contributed by atoms with Crippen LogP contribution in [0.15, 0.2) is 42.5 Å². The maximum absolute atomic E-state index is 13.6. The highest BCUT2D eigenvalue weighted by Crippen LogP contribution is 2.24. The standard InChI is InChI=1S/C16H17FO3/c1-19-13-6-4-12(5-7-13)15(18)10-11-3-8-16(20-2)14(17)9-11/h3-9,15,18H,10H2,1-2H3. The van der Waals surface area contributed by atoms with Crippen molar-refractivity contribution < 1.29 is 19.0 Å². The van der Waals surface area contributed by atoms with Crippen molar-refractivity contribution in [3.8, 4) is 11.5 Å². The molecule has 106 valence electrons. The Morgan fingerprint density at radius 3 is 2.30 bits per heavy atom. The average molecular weight is 276 g/mol. The van der Waals surface area contributed by atoms with Crippen LogP contribution in [-0.4, -0.2) is 19.3 Å². The van der Waals surface area contributed by atoms with Crippen molar-refractivity contribution in [3.05, 3.63) is 59.4 Å². The number of aliphatic hydroxyl groups excluding tert-OH is 1. The zero-order chi connectivity index (χ0) is 14.5. The van der Waals surface area contributed by atoms with Gasteiger partial charge in [0.25, 0.3) is 0 Å². The van der Waals surface area contributed by atoms with Gasteiger partial charge < -0.3 is 14.6 Å². The lowest BCUT2D eigenvalue weighted by Crippen LogP contribution is -2.02. The highest BCUT2D eigenvalue weighted by atomic mass is 19.1. The van der Waals surface area contributed by atoms with Crippen molar-refractivity contribution in [1.29, 1.82) is 0 Å². The molecule has 0 spiro atoms. The summed E-state index contributed by atoms with van der Waals surface area (Å²) in [6.45, 7) is 0. The Morgan fingerprint density at radius 2 is 1.75 bits per heavy atom. The van der Waals surface area contributed by atoms with E-state index in [1.165, 1.54) is 13.2 Å². The molecule has 0 aromatic heterocycles. The minimum atomic E-state index is -0.686. The van der Waals surface area contributed by atoms with Crippen LogP contribution in [0.4, 0.5) is 4.39 Å². The first-order valence-electron chi connectivity index (χ1n) is 6.28. The summed E-state index contributed by atoms with van der Waals surface area (Å²) in [6.07, 6.45) is -0.346. The number of hydrogen-bond acceptors (Lipinski definition) is 3. The van der Waals surface area contributed by atoms with Crippen molar-refractivity contribution in [2.24, 2.45) is 0 Å². The van der Waals surface area contributed by atoms with E-state index in [-0.39, 0.29) is 5.75 Å². The lowest BCUT2D eigenvalue weighted by molar-refractivity contribution is 0.178. The van der Waals surface area contributed by atoms with Gasteiger partial charge in [-0.05, 0) is 35.4 Å². The van der Waals surface area contributed by atoms with Gasteiger partial charge in [0.15, 0.2) is 11.6 Å². The predicted molar refractivity (Wildman–Crippen MR) is 74.6 cm³/mol. The van der Waals surface area contributed by atoms with Crippen LogP contribution in [0.3, 0.4) is 0 Å². The molecule has 0 aliphatic rings. The first kappa shape index (κ1) is 14.3. The van der Waals surface area contributed by atoms with Gasteiger partial charge in [-0.25, -0.2) is 4.39 Å². The lowest BCUT2D eigenvalue weighted by Gasteiger charge is -2.12. The second kappa shape index (κ2) is 6.39. The van der Waals surface area contributed by atoms with E-state index in [2.05, 4.69) is 0 Å². The highest BCUT2D eigenvalue weighted by molar-refractivity contribution is 5.32. The molecule has 0 radical (unpaired) electrons. The number of hydrogen-bond donors (Lipinski definition) is 1. The molecular formula is C16H17FO3. The highest BCUT2D eigenvalue weighted by Gasteiger charge is 2.11. The third-order valence-corrected chi connectivity index (χ3v) is 3.15. The smallest absolute Gasteiger partial charge is 0.165 e. The monoisotopic (exact) mass is 276 g/mol. The van der Waals surface area contributed by atoms with Crippen LogP contribution in [0.1, 0.15) is 17.2 Å². The third kappa shape index (κ3) is 3.27. The molecule has 1 N–H and O–H groups in total. The molecule has 0 aliphatic carbocycles. The maximum atomic E-state index is 13.6. The molecular weight excluding hydrogens is 259 g/mol. The van der Waals surface area contributed by atoms with E-state index in [1.807, 2.05) is 0 Å². The van der Waals surface area contributed by atoms with Crippen LogP contribution in [-0.2, 0) is 6.42 Å². The largest absolute Gasteiger partial charge is 0.497 e. The van der Waals surface area contributed by atoms with Crippen molar-refractivity contribution in [1.82, 2.24) is 0 Å². The Balaban J connectivity index is 2.10. The summed E-state index contributed by atoms with van der Waals surface area (Å²) in [5, 5.41) is 10.2. The molecule has 0 aliphatic heterocycles. The van der Waals surface area contributed by atoms with Gasteiger partial charge in [0.05, 0.1) is 20.3 Å². The Hall–Kier alpha value is -2.07. The number of methoxy groups -OCH3 is 2. The summed E-state index contributed by atoms with van der Waals surface area (Å²) in [7, 11) is 3.01. The Bertz CT molecular complexity index is 566. The van der Waals surface area contributed by atoms with Gasteiger partial charge >= 0.3 is 0 Å². The second-order valence-corrected chi connectivity index (χ2v) is 4.46. The minimum absolute atomic E-state index is 0.202. The molecule has 3 nitrogen and oxygen atoms in total. The van der Waals surface area contributed by atoms with E-state index >= 15 is 0 Å². The summed E-state index contributed by atoms with van der Waals surface area (Å²) in [4.78, 5) is 0. The number of halogens is 1. The fraction of sp³-hybridized carbons (Fsp3) is 0.250. The van der Waals surface area contributed by atoms with Gasteiger partial charge in [-0.1, -0.05) is 18.2 Å². The number of aliphatic hydroxyl groups is 1. The number of ether oxygens (including phenoxy) is 2. The summed E-state index contributed by atoms with van der Waals surface area (Å²) in [5.41, 5.74) is 1.48. The zero-order valence-corrected chi connectivity index (χ0v) is 11.5. The van der Waals surface area contributed by atoms with E-state index < -0.39 is 11.9 Å². The van der Waals surface area contributed by atoms with Gasteiger partial charge in [0, 0.05) is 6.42 Å². The molecule has 2 aromatic carbocycles. The quantitative estimate of drug-likeness (QED) is 0.912. The normalized spacial score (nSPS) is 12.0. The summed E-state index contributed by atoms with van der Waals surface area (Å²) in [5.74, 6) is 0.510. The van der Waals surface area contributed by atoms with Gasteiger partial charge in [-0.2, -0.15) is 0 Å². The summed E-state index contributed by atoms with van der Waals surface area (Å²) in [6, 6.07) is 11.8. The van der Waals surface area contributed by atoms with Crippen LogP contribution in [0.25, 0.3) is 0 Å². The Labute approximate surface area is 117 Å². The van der Waals surface area contributed by atoms with E-state index in [9.17, 15) is 9.50 Å². The van der Waals surface area contributed by atoms with Crippen LogP contribution in [0.2, 0.25) is 0 Å². The summed E-state index contributed by atoms with van der Waals surface area (Å²) >= 11 is 0. The molecule has 2 aromatic rings. The van der Waals surface area contributed by atoms with Gasteiger partial charge in [-0.3, -0.25) is 0 Å². The topological polar surface area (TPSA) is 38.7 Å². The van der Waals surface area contributed by atoms with Crippen LogP contribution < -0.4 is 9.47 Å². The van der Waals surface area contributed by atoms with Gasteiger partial charge in [0.1, 0.15) is 5.75 Å². The van der Waals surface area contributed by atoms with E-state index in [0.29, 0.717) is 12.0 Å². The molecule has 1 unspecified atom stereocenters. The van der Waals surface area contributed by atoms with E-state index in [1.54, 1.807) is 43.5 Å². The minimum Gasteiger partial charge on any atom is -0.497 e. The molecule has 0 amide bonds. The fourth-order valence-corrected chi connectivity index (χ4v) is 2.00. The van der Waals surface area contributed by atoms with Crippen molar-refractivity contribution in [3.63, 3.8) is 0 Å². The average Bonchev–Trinajstić information content (AvgIpc) is 2.47. The molecule has 4 heteroatoms. The zero-order valence-electron chi connectivity index (χ0n) is 11.5. The lowest BCUT2D eigenvalue weighted by atomic mass is 10.0.